The SMILES string of the molecule is COc1ccc(CCN(C)CCCC2(c3ccccc3)C(=O)Oc3ccc(Cl)cc32)cc1OC. The number of carbonyl (C=O) groups is 1. The third kappa shape index (κ3) is 4.77. The van der Waals surface area contributed by atoms with Gasteiger partial charge in [0.25, 0.3) is 0 Å². The maximum atomic E-state index is 13.3. The molecule has 1 aliphatic rings. The smallest absolute Gasteiger partial charge is 0.326 e. The van der Waals surface area contributed by atoms with Crippen LogP contribution in [0.15, 0.2) is 66.7 Å². The van der Waals surface area contributed by atoms with Crippen molar-refractivity contribution >= 4 is 17.6 Å². The number of likely N-dealkylation sites (N-methyl/N-ethyl adjacent to an activating group) is 1. The van der Waals surface area contributed by atoms with Crippen molar-refractivity contribution in [3.05, 3.63) is 88.4 Å². The van der Waals surface area contributed by atoms with Crippen molar-refractivity contribution in [1.29, 1.82) is 0 Å². The zero-order valence-electron chi connectivity index (χ0n) is 19.8. The molecule has 3 aromatic carbocycles. The van der Waals surface area contributed by atoms with Crippen LogP contribution in [-0.4, -0.2) is 45.2 Å². The van der Waals surface area contributed by atoms with Crippen molar-refractivity contribution in [3.8, 4) is 17.2 Å². The van der Waals surface area contributed by atoms with Gasteiger partial charge in [0.1, 0.15) is 11.2 Å². The van der Waals surface area contributed by atoms with E-state index in [1.54, 1.807) is 26.4 Å². The van der Waals surface area contributed by atoms with Gasteiger partial charge >= 0.3 is 5.97 Å². The van der Waals surface area contributed by atoms with Gasteiger partial charge < -0.3 is 19.1 Å². The van der Waals surface area contributed by atoms with E-state index < -0.39 is 5.41 Å². The molecule has 178 valence electrons. The summed E-state index contributed by atoms with van der Waals surface area (Å²) < 4.78 is 16.4. The highest BCUT2D eigenvalue weighted by atomic mass is 35.5. The Balaban J connectivity index is 1.45. The Morgan fingerprint density at radius 2 is 1.71 bits per heavy atom. The number of hydrogen-bond acceptors (Lipinski definition) is 5. The fourth-order valence-corrected chi connectivity index (χ4v) is 4.85. The van der Waals surface area contributed by atoms with Gasteiger partial charge in [0.05, 0.1) is 14.2 Å². The van der Waals surface area contributed by atoms with Crippen LogP contribution in [0.4, 0.5) is 0 Å². The summed E-state index contributed by atoms with van der Waals surface area (Å²) in [5.74, 6) is 1.84. The van der Waals surface area contributed by atoms with E-state index in [2.05, 4.69) is 18.0 Å². The van der Waals surface area contributed by atoms with E-state index in [0.717, 1.165) is 48.6 Å². The molecule has 0 radical (unpaired) electrons. The van der Waals surface area contributed by atoms with Gasteiger partial charge in [-0.3, -0.25) is 4.79 Å². The molecule has 4 rings (SSSR count). The maximum absolute atomic E-state index is 13.3. The zero-order valence-corrected chi connectivity index (χ0v) is 20.6. The Bertz CT molecular complexity index is 1150. The monoisotopic (exact) mass is 479 g/mol. The second-order valence-electron chi connectivity index (χ2n) is 8.65. The lowest BCUT2D eigenvalue weighted by molar-refractivity contribution is -0.137. The van der Waals surface area contributed by atoms with Crippen LogP contribution in [-0.2, 0) is 16.6 Å². The van der Waals surface area contributed by atoms with Crippen LogP contribution in [0, 0.1) is 0 Å². The number of benzene rings is 3. The molecular formula is C28H30ClNO4. The van der Waals surface area contributed by atoms with Crippen LogP contribution >= 0.6 is 11.6 Å². The summed E-state index contributed by atoms with van der Waals surface area (Å²) in [6, 6.07) is 21.3. The van der Waals surface area contributed by atoms with Gasteiger partial charge in [0.15, 0.2) is 11.5 Å². The lowest BCUT2D eigenvalue weighted by Gasteiger charge is -2.28. The second-order valence-corrected chi connectivity index (χ2v) is 9.08. The summed E-state index contributed by atoms with van der Waals surface area (Å²) in [7, 11) is 5.39. The number of fused-ring (bicyclic) bond motifs is 1. The van der Waals surface area contributed by atoms with Gasteiger partial charge in [0.2, 0.25) is 0 Å². The molecule has 1 unspecified atom stereocenters. The number of ether oxygens (including phenoxy) is 3. The molecule has 34 heavy (non-hydrogen) atoms. The van der Waals surface area contributed by atoms with E-state index >= 15 is 0 Å². The highest BCUT2D eigenvalue weighted by molar-refractivity contribution is 6.30. The minimum absolute atomic E-state index is 0.232. The fourth-order valence-electron chi connectivity index (χ4n) is 4.68. The number of nitrogens with zero attached hydrogens (tertiary/aromatic N) is 1. The predicted molar refractivity (Wildman–Crippen MR) is 134 cm³/mol. The molecule has 0 saturated heterocycles. The molecule has 1 aliphatic heterocycles. The Kier molecular flexibility index (Phi) is 7.44. The maximum Gasteiger partial charge on any atom is 0.326 e. The first-order valence-corrected chi connectivity index (χ1v) is 11.8. The Morgan fingerprint density at radius 1 is 0.941 bits per heavy atom. The molecule has 0 bridgehead atoms. The van der Waals surface area contributed by atoms with Gasteiger partial charge in [-0.1, -0.05) is 48.0 Å². The lowest BCUT2D eigenvalue weighted by atomic mass is 9.72. The van der Waals surface area contributed by atoms with Crippen molar-refractivity contribution in [1.82, 2.24) is 4.90 Å². The molecule has 3 aromatic rings. The predicted octanol–water partition coefficient (Wildman–Crippen LogP) is 5.52. The summed E-state index contributed by atoms with van der Waals surface area (Å²) in [6.45, 7) is 1.74. The van der Waals surface area contributed by atoms with Gasteiger partial charge in [-0.2, -0.15) is 0 Å². The van der Waals surface area contributed by atoms with Crippen molar-refractivity contribution in [2.75, 3.05) is 34.4 Å². The number of esters is 1. The number of halogens is 1. The van der Waals surface area contributed by atoms with E-state index in [9.17, 15) is 4.79 Å². The van der Waals surface area contributed by atoms with Gasteiger partial charge in [-0.25, -0.2) is 0 Å². The largest absolute Gasteiger partial charge is 0.493 e. The fraction of sp³-hybridized carbons (Fsp3) is 0.321. The minimum Gasteiger partial charge on any atom is -0.493 e. The van der Waals surface area contributed by atoms with Crippen LogP contribution in [0.2, 0.25) is 5.02 Å². The average molecular weight is 480 g/mol. The van der Waals surface area contributed by atoms with Crippen LogP contribution in [0.5, 0.6) is 17.2 Å². The number of methoxy groups -OCH3 is 2. The Labute approximate surface area is 206 Å². The standard InChI is InChI=1S/C28H30ClNO4/c1-30(17-14-20-10-12-25(32-2)26(18-20)33-3)16-7-15-28(21-8-5-4-6-9-21)23-19-22(29)11-13-24(23)34-27(28)31/h4-6,8-13,18-19H,7,14-17H2,1-3H3. The number of hydrogen-bond donors (Lipinski definition) is 0. The average Bonchev–Trinajstić information content (AvgIpc) is 3.14. The van der Waals surface area contributed by atoms with Crippen LogP contribution in [0.25, 0.3) is 0 Å². The van der Waals surface area contributed by atoms with Crippen molar-refractivity contribution < 1.29 is 19.0 Å². The molecule has 1 heterocycles. The quantitative estimate of drug-likeness (QED) is 0.283. The molecule has 0 N–H and O–H groups in total. The third-order valence-corrected chi connectivity index (χ3v) is 6.78. The molecule has 0 amide bonds. The molecule has 6 heteroatoms. The first-order valence-electron chi connectivity index (χ1n) is 11.4. The van der Waals surface area contributed by atoms with E-state index in [0.29, 0.717) is 17.2 Å². The minimum atomic E-state index is -0.842. The highest BCUT2D eigenvalue weighted by Gasteiger charge is 2.50. The van der Waals surface area contributed by atoms with Crippen molar-refractivity contribution in [3.63, 3.8) is 0 Å². The van der Waals surface area contributed by atoms with E-state index in [1.165, 1.54) is 5.56 Å². The molecule has 1 atom stereocenters. The summed E-state index contributed by atoms with van der Waals surface area (Å²) in [5, 5.41) is 0.601. The summed E-state index contributed by atoms with van der Waals surface area (Å²) >= 11 is 6.32. The Hall–Kier alpha value is -3.02. The van der Waals surface area contributed by atoms with E-state index in [-0.39, 0.29) is 5.97 Å². The summed E-state index contributed by atoms with van der Waals surface area (Å²) in [5.41, 5.74) is 2.14. The molecule has 0 aromatic heterocycles. The second kappa shape index (κ2) is 10.5. The van der Waals surface area contributed by atoms with Crippen molar-refractivity contribution in [2.24, 2.45) is 0 Å². The van der Waals surface area contributed by atoms with Crippen LogP contribution < -0.4 is 14.2 Å². The number of rotatable bonds is 10. The molecule has 0 saturated carbocycles. The molecule has 0 spiro atoms. The first-order chi connectivity index (χ1) is 16.5. The van der Waals surface area contributed by atoms with Gasteiger partial charge in [-0.05, 0) is 74.3 Å². The van der Waals surface area contributed by atoms with Crippen LogP contribution in [0.1, 0.15) is 29.5 Å². The molecule has 0 fully saturated rings. The van der Waals surface area contributed by atoms with Crippen LogP contribution in [0.3, 0.4) is 0 Å². The van der Waals surface area contributed by atoms with E-state index in [4.69, 9.17) is 25.8 Å². The van der Waals surface area contributed by atoms with Gasteiger partial charge in [0, 0.05) is 17.1 Å². The van der Waals surface area contributed by atoms with E-state index in [1.807, 2.05) is 48.5 Å². The normalized spacial score (nSPS) is 16.9. The third-order valence-electron chi connectivity index (χ3n) is 6.54. The number of carbonyl (C=O) groups excluding carboxylic acids is 1. The summed E-state index contributed by atoms with van der Waals surface area (Å²) in [6.07, 6.45) is 2.36. The Morgan fingerprint density at radius 3 is 2.44 bits per heavy atom. The molecule has 0 aliphatic carbocycles. The van der Waals surface area contributed by atoms with Crippen molar-refractivity contribution in [2.45, 2.75) is 24.7 Å². The summed E-state index contributed by atoms with van der Waals surface area (Å²) in [4.78, 5) is 15.5. The molecular weight excluding hydrogens is 450 g/mol. The topological polar surface area (TPSA) is 48.0 Å². The highest BCUT2D eigenvalue weighted by Crippen LogP contribution is 2.48. The first kappa shape index (κ1) is 24.1. The van der Waals surface area contributed by atoms with Gasteiger partial charge in [-0.15, -0.1) is 0 Å². The molecule has 5 nitrogen and oxygen atoms in total. The zero-order chi connectivity index (χ0) is 24.1. The lowest BCUT2D eigenvalue weighted by Crippen LogP contribution is -2.36.